The van der Waals surface area contributed by atoms with Crippen molar-refractivity contribution in [3.8, 4) is 55.9 Å². The number of fused-ring (bicyclic) bond motifs is 10. The van der Waals surface area contributed by atoms with E-state index in [1.807, 2.05) is 177 Å². The Labute approximate surface area is 778 Å². The zero-order valence-corrected chi connectivity index (χ0v) is 79.6. The Hall–Kier alpha value is -10.9. The molecule has 0 saturated heterocycles. The van der Waals surface area contributed by atoms with Gasteiger partial charge in [-0.1, -0.05) is 345 Å². The molecule has 2 aliphatic rings. The summed E-state index contributed by atoms with van der Waals surface area (Å²) in [7, 11) is 0. The minimum absolute atomic E-state index is 0.176. The normalized spacial score (nSPS) is 16.0. The molecular formula is C121H137BN4. The van der Waals surface area contributed by atoms with Gasteiger partial charge >= 0.3 is 0 Å². The Morgan fingerprint density at radius 2 is 0.571 bits per heavy atom. The molecule has 644 valence electrons. The molecule has 0 aliphatic carbocycles. The van der Waals surface area contributed by atoms with E-state index < -0.39 is 71.4 Å². The summed E-state index contributed by atoms with van der Waals surface area (Å²) >= 11 is 0. The van der Waals surface area contributed by atoms with Crippen molar-refractivity contribution in [2.75, 3.05) is 9.80 Å². The summed E-state index contributed by atoms with van der Waals surface area (Å²) in [6.07, 6.45) is -5.96. The third-order valence-corrected chi connectivity index (χ3v) is 23.9. The van der Waals surface area contributed by atoms with Crippen LogP contribution in [0.1, 0.15) is 259 Å². The average molecular weight is 1670 g/mol. The van der Waals surface area contributed by atoms with Crippen molar-refractivity contribution in [2.45, 2.75) is 243 Å². The maximum Gasteiger partial charge on any atom is 0.252 e. The molecule has 0 N–H and O–H groups in total. The molecule has 126 heavy (non-hydrogen) atoms. The van der Waals surface area contributed by atoms with Crippen molar-refractivity contribution in [2.24, 2.45) is 37.9 Å². The van der Waals surface area contributed by atoms with Crippen molar-refractivity contribution < 1.29 is 21.9 Å². The van der Waals surface area contributed by atoms with Gasteiger partial charge in [0.15, 0.2) is 0 Å². The first-order chi connectivity index (χ1) is 65.4. The van der Waals surface area contributed by atoms with Crippen molar-refractivity contribution in [1.29, 1.82) is 0 Å². The van der Waals surface area contributed by atoms with Crippen LogP contribution in [0.5, 0.6) is 0 Å². The van der Waals surface area contributed by atoms with Gasteiger partial charge in [0.05, 0.1) is 44.4 Å². The minimum atomic E-state index is -1.90. The Morgan fingerprint density at radius 3 is 0.865 bits per heavy atom. The standard InChI is InChI=1S/C121H137BN4/c1-113(2,3)70-77-36-32-40-84(56-77)94-60-81(74-117(13,14)15)61-95(85-41-33-37-78(57-85)71-114(4,5)6)111(94)125-106-68-90(123-102-46-30-28-44-92(102)98-66-88(120(22,23)24)48-54-104(98)123)50-52-100(106)122-101-53-51-91(124-103-47-31-29-45-93(103)99-67-89(121(25,26)27)49-55-105(99)124)69-107(101)126(109-65-83(76-119(19,20)21)64-108(125)110(109)122)112-96(86-42-34-38-79(58-86)72-115(7,8)9)62-82(75-118(16,17)18)63-97(112)87-43-35-39-80(59-87)73-116(10,11)12/h28-69H,70-76H2,1-27H3/i28D,29D,30D,31D,44D,45D,46D,47D,70D2,71D2,72D2,73D2. The third-order valence-electron chi connectivity index (χ3n) is 23.9. The number of hydrogen-bond acceptors (Lipinski definition) is 2. The fraction of sp³-hybridized carbons (Fsp3) is 0.355. The Balaban J connectivity index is 1.15. The number of benzene rings is 13. The van der Waals surface area contributed by atoms with Gasteiger partial charge in [0.25, 0.3) is 6.71 Å². The average Bonchev–Trinajstić information content (AvgIpc) is 0.845. The molecule has 2 aromatic heterocycles. The summed E-state index contributed by atoms with van der Waals surface area (Å²) in [4.78, 5) is 4.81. The van der Waals surface area contributed by atoms with Crippen molar-refractivity contribution in [3.63, 3.8) is 0 Å². The molecule has 2 aliphatic heterocycles. The highest BCUT2D eigenvalue weighted by Crippen LogP contribution is 2.56. The van der Waals surface area contributed by atoms with Crippen LogP contribution in [-0.4, -0.2) is 15.8 Å². The number of rotatable bonds is 15. The fourth-order valence-corrected chi connectivity index (χ4v) is 19.4. The number of aromatic nitrogens is 2. The van der Waals surface area contributed by atoms with Crippen molar-refractivity contribution >= 4 is 101 Å². The highest BCUT2D eigenvalue weighted by atomic mass is 15.2. The Bertz CT molecular complexity index is 7070. The van der Waals surface area contributed by atoms with Crippen LogP contribution in [0.25, 0.3) is 99.5 Å². The second-order valence-corrected chi connectivity index (χ2v) is 45.8. The van der Waals surface area contributed by atoms with Crippen LogP contribution < -0.4 is 26.2 Å². The van der Waals surface area contributed by atoms with Crippen LogP contribution in [0, 0.1) is 37.9 Å². The lowest BCUT2D eigenvalue weighted by Gasteiger charge is -2.46. The molecule has 4 nitrogen and oxygen atoms in total. The van der Waals surface area contributed by atoms with Crippen LogP contribution in [-0.2, 0) is 55.6 Å². The molecule has 0 atom stereocenters. The molecule has 13 aromatic carbocycles. The lowest BCUT2D eigenvalue weighted by atomic mass is 9.33. The molecule has 4 heterocycles. The lowest BCUT2D eigenvalue weighted by molar-refractivity contribution is 0.410. The first-order valence-electron chi connectivity index (χ1n) is 53.4. The summed E-state index contributed by atoms with van der Waals surface area (Å²) < 4.78 is 164. The molecule has 0 unspecified atom stereocenters. The van der Waals surface area contributed by atoms with Gasteiger partial charge in [-0.25, -0.2) is 0 Å². The molecule has 5 heteroatoms. The first kappa shape index (κ1) is 69.3. The molecular weight excluding hydrogens is 1520 g/mol. The summed E-state index contributed by atoms with van der Waals surface area (Å²) in [5.41, 5.74) is 16.5. The van der Waals surface area contributed by atoms with E-state index in [1.54, 1.807) is 0 Å². The summed E-state index contributed by atoms with van der Waals surface area (Å²) in [5.74, 6) is 0. The number of para-hydroxylation sites is 2. The largest absolute Gasteiger partial charge is 0.310 e. The molecule has 15 aromatic rings. The second-order valence-electron chi connectivity index (χ2n) is 45.8. The molecule has 0 saturated carbocycles. The van der Waals surface area contributed by atoms with Crippen LogP contribution in [0.3, 0.4) is 0 Å². The van der Waals surface area contributed by atoms with Crippen LogP contribution in [0.2, 0.25) is 0 Å². The Morgan fingerprint density at radius 1 is 0.270 bits per heavy atom. The zero-order valence-electron chi connectivity index (χ0n) is 95.6. The predicted octanol–water partition coefficient (Wildman–Crippen LogP) is 32.3. The van der Waals surface area contributed by atoms with Crippen LogP contribution >= 0.6 is 0 Å². The third kappa shape index (κ3) is 17.9. The van der Waals surface area contributed by atoms with E-state index in [1.165, 1.54) is 0 Å². The van der Waals surface area contributed by atoms with E-state index in [0.29, 0.717) is 130 Å². The number of nitrogens with zero attached hydrogens (tertiary/aromatic N) is 4. The summed E-state index contributed by atoms with van der Waals surface area (Å²) in [6.45, 7) is 55.2. The highest BCUT2D eigenvalue weighted by molar-refractivity contribution is 7.00. The smallest absolute Gasteiger partial charge is 0.252 e. The maximum atomic E-state index is 10.3. The van der Waals surface area contributed by atoms with E-state index in [2.05, 4.69) is 235 Å². The van der Waals surface area contributed by atoms with Gasteiger partial charge < -0.3 is 18.9 Å². The predicted molar refractivity (Wildman–Crippen MR) is 550 cm³/mol. The summed E-state index contributed by atoms with van der Waals surface area (Å²) in [5, 5.41) is 2.01. The molecule has 0 fully saturated rings. The maximum absolute atomic E-state index is 10.3. The first-order valence-corrected chi connectivity index (χ1v) is 45.4. The number of hydrogen-bond donors (Lipinski definition) is 0. The Kier molecular flexibility index (Phi) is 17.4. The van der Waals surface area contributed by atoms with Crippen LogP contribution in [0.15, 0.2) is 255 Å². The van der Waals surface area contributed by atoms with Gasteiger partial charge in [0.1, 0.15) is 0 Å². The van der Waals surface area contributed by atoms with Gasteiger partial charge in [0.2, 0.25) is 0 Å². The van der Waals surface area contributed by atoms with Gasteiger partial charge in [-0.2, -0.15) is 0 Å². The van der Waals surface area contributed by atoms with E-state index in [4.69, 9.17) is 0 Å². The minimum Gasteiger partial charge on any atom is -0.310 e. The van der Waals surface area contributed by atoms with E-state index >= 15 is 0 Å². The fourth-order valence-electron chi connectivity index (χ4n) is 19.4. The van der Waals surface area contributed by atoms with Gasteiger partial charge in [-0.15, -0.1) is 0 Å². The van der Waals surface area contributed by atoms with Crippen molar-refractivity contribution in [1.82, 2.24) is 9.13 Å². The summed E-state index contributed by atoms with van der Waals surface area (Å²) in [6, 6.07) is 68.4. The van der Waals surface area contributed by atoms with Crippen LogP contribution in [0.4, 0.5) is 34.1 Å². The molecule has 0 bridgehead atoms. The molecule has 17 rings (SSSR count). The van der Waals surface area contributed by atoms with E-state index in [0.717, 1.165) is 77.8 Å². The second kappa shape index (κ2) is 31.6. The molecule has 0 radical (unpaired) electrons. The van der Waals surface area contributed by atoms with Gasteiger partial charge in [0, 0.05) is 88.9 Å². The molecule has 0 spiro atoms. The van der Waals surface area contributed by atoms with Gasteiger partial charge in [-0.05, 0) is 279 Å². The SMILES string of the molecule is [2H]c1c([2H])c([2H])c2c(c1[2H])c1cc(C(C)(C)C)ccc1n2-c1ccc2c(c1)N(c1c(-c3cccc(C([2H])([2H])C(C)(C)C)c3)cc(CC(C)(C)C)cc1-c1cccc(C([2H])([2H])C(C)(C)C)c1)c1cc(CC(C)(C)C)cc3c1B2c1ccc(-n2c4ccc(C(C)(C)C)cc4c4c([2H])c([2H])c([2H])c([2H])c42)cc1N3c1c(-c2cccc(C([2H])([2H])C(C)(C)C)c2)cc(CC(C)(C)C)cc1-c1cccc(C([2H])([2H])C(C)(C)C)c1. The zero-order chi connectivity index (χ0) is 104. The van der Waals surface area contributed by atoms with E-state index in [9.17, 15) is 21.9 Å². The van der Waals surface area contributed by atoms with E-state index in [-0.39, 0.29) is 68.9 Å². The monoisotopic (exact) mass is 1670 g/mol. The number of anilines is 6. The highest BCUT2D eigenvalue weighted by Gasteiger charge is 2.47. The quantitative estimate of drug-likeness (QED) is 0.0951. The van der Waals surface area contributed by atoms with Crippen molar-refractivity contribution in [3.05, 3.63) is 305 Å². The molecule has 0 amide bonds. The lowest BCUT2D eigenvalue weighted by Crippen LogP contribution is -2.61. The topological polar surface area (TPSA) is 16.3 Å². The van der Waals surface area contributed by atoms with Gasteiger partial charge in [-0.3, -0.25) is 0 Å².